The first-order valence-corrected chi connectivity index (χ1v) is 12.1. The summed E-state index contributed by atoms with van der Waals surface area (Å²) in [4.78, 5) is 28.4. The number of carbonyl (C=O) groups excluding carboxylic acids is 2. The van der Waals surface area contributed by atoms with E-state index in [4.69, 9.17) is 0 Å². The highest BCUT2D eigenvalue weighted by Crippen LogP contribution is 2.43. The summed E-state index contributed by atoms with van der Waals surface area (Å²) in [5.74, 6) is -1.44. The van der Waals surface area contributed by atoms with Gasteiger partial charge in [0.25, 0.3) is 11.7 Å². The first kappa shape index (κ1) is 24.5. The number of hydrogen-bond donors (Lipinski definition) is 1. The third-order valence-corrected chi connectivity index (χ3v) is 6.81. The van der Waals surface area contributed by atoms with E-state index >= 15 is 0 Å². The van der Waals surface area contributed by atoms with Crippen molar-refractivity contribution < 1.29 is 14.7 Å². The molecule has 1 N–H and O–H groups in total. The van der Waals surface area contributed by atoms with Crippen LogP contribution in [-0.2, 0) is 21.4 Å². The van der Waals surface area contributed by atoms with Gasteiger partial charge in [-0.3, -0.25) is 14.5 Å². The number of carbonyl (C=O) groups is 2. The Morgan fingerprint density at radius 3 is 2.11 bits per heavy atom. The molecule has 180 valence electrons. The molecule has 4 nitrogen and oxygen atoms in total. The van der Waals surface area contributed by atoms with Gasteiger partial charge < -0.3 is 5.11 Å². The van der Waals surface area contributed by atoms with Gasteiger partial charge in [-0.1, -0.05) is 81.8 Å². The average Bonchev–Trinajstić information content (AvgIpc) is 3.10. The van der Waals surface area contributed by atoms with Gasteiger partial charge in [-0.15, -0.1) is 0 Å². The number of rotatable bonds is 4. The van der Waals surface area contributed by atoms with Crippen molar-refractivity contribution in [2.45, 2.75) is 59.4 Å². The van der Waals surface area contributed by atoms with Crippen LogP contribution in [0.4, 0.5) is 5.69 Å². The summed E-state index contributed by atoms with van der Waals surface area (Å²) in [6.07, 6.45) is 0.886. The average molecular weight is 468 g/mol. The second-order valence-electron chi connectivity index (χ2n) is 10.4. The van der Waals surface area contributed by atoms with E-state index in [1.807, 2.05) is 80.6 Å². The maximum atomic E-state index is 13.4. The van der Waals surface area contributed by atoms with E-state index < -0.39 is 17.7 Å². The first-order valence-electron chi connectivity index (χ1n) is 12.1. The highest BCUT2D eigenvalue weighted by Gasteiger charge is 2.47. The molecule has 0 aliphatic carbocycles. The molecule has 4 heteroatoms. The van der Waals surface area contributed by atoms with E-state index in [-0.39, 0.29) is 16.7 Å². The Hall–Kier alpha value is -3.66. The van der Waals surface area contributed by atoms with Crippen LogP contribution in [0.5, 0.6) is 0 Å². The van der Waals surface area contributed by atoms with Crippen molar-refractivity contribution in [3.05, 3.63) is 106 Å². The highest BCUT2D eigenvalue weighted by molar-refractivity contribution is 6.51. The van der Waals surface area contributed by atoms with Crippen molar-refractivity contribution in [1.29, 1.82) is 0 Å². The van der Waals surface area contributed by atoms with Gasteiger partial charge in [0.1, 0.15) is 5.76 Å². The molecule has 0 aromatic heterocycles. The summed E-state index contributed by atoms with van der Waals surface area (Å²) in [6, 6.07) is 20.7. The Labute approximate surface area is 207 Å². The third kappa shape index (κ3) is 4.53. The van der Waals surface area contributed by atoms with Crippen LogP contribution in [0, 0.1) is 13.8 Å². The lowest BCUT2D eigenvalue weighted by Crippen LogP contribution is -2.29. The van der Waals surface area contributed by atoms with Crippen molar-refractivity contribution in [2.75, 3.05) is 4.90 Å². The fourth-order valence-corrected chi connectivity index (χ4v) is 4.61. The zero-order valence-electron chi connectivity index (χ0n) is 21.3. The normalized spacial score (nSPS) is 17.8. The van der Waals surface area contributed by atoms with Crippen molar-refractivity contribution >= 4 is 23.1 Å². The van der Waals surface area contributed by atoms with Crippen LogP contribution >= 0.6 is 0 Å². The van der Waals surface area contributed by atoms with Gasteiger partial charge in [0, 0.05) is 11.3 Å². The minimum atomic E-state index is -0.721. The summed E-state index contributed by atoms with van der Waals surface area (Å²) in [5, 5.41) is 11.4. The highest BCUT2D eigenvalue weighted by atomic mass is 16.3. The molecule has 1 aliphatic rings. The molecule has 1 aliphatic heterocycles. The molecule has 0 radical (unpaired) electrons. The Morgan fingerprint density at radius 1 is 0.914 bits per heavy atom. The Balaban J connectivity index is 1.93. The molecule has 35 heavy (non-hydrogen) atoms. The number of aryl methyl sites for hydroxylation is 3. The lowest BCUT2D eigenvalue weighted by atomic mass is 9.87. The molecular weight excluding hydrogens is 434 g/mol. The van der Waals surface area contributed by atoms with Crippen LogP contribution in [0.2, 0.25) is 0 Å². The SMILES string of the molecule is CCc1ccc(C2/C(=C(\O)c3cc(C)ccc3C)C(=O)C(=O)N2c2ccc(C(C)(C)C)cc2)cc1. The number of ketones is 1. The van der Waals surface area contributed by atoms with Crippen LogP contribution < -0.4 is 4.90 Å². The Kier molecular flexibility index (Phi) is 6.42. The van der Waals surface area contributed by atoms with Gasteiger partial charge in [-0.25, -0.2) is 0 Å². The third-order valence-electron chi connectivity index (χ3n) is 6.81. The lowest BCUT2D eigenvalue weighted by Gasteiger charge is -2.27. The molecule has 1 saturated heterocycles. The van der Waals surface area contributed by atoms with E-state index in [1.54, 1.807) is 0 Å². The van der Waals surface area contributed by atoms with Crippen LogP contribution in [0.25, 0.3) is 5.76 Å². The summed E-state index contributed by atoms with van der Waals surface area (Å²) >= 11 is 0. The smallest absolute Gasteiger partial charge is 0.300 e. The summed E-state index contributed by atoms with van der Waals surface area (Å²) in [5.41, 5.74) is 6.17. The second kappa shape index (κ2) is 9.18. The summed E-state index contributed by atoms with van der Waals surface area (Å²) < 4.78 is 0. The standard InChI is InChI=1S/C31H33NO3/c1-7-21-10-12-22(13-11-21)27-26(28(33)25-18-19(2)8-9-20(25)3)29(34)30(35)32(27)24-16-14-23(15-17-24)31(4,5)6/h8-18,27,33H,7H2,1-6H3/b28-26+. The number of aliphatic hydroxyl groups is 1. The predicted octanol–water partition coefficient (Wildman–Crippen LogP) is 6.79. The van der Waals surface area contributed by atoms with Gasteiger partial charge in [0.05, 0.1) is 11.6 Å². The fourth-order valence-electron chi connectivity index (χ4n) is 4.61. The van der Waals surface area contributed by atoms with Gasteiger partial charge in [-0.05, 0) is 66.1 Å². The quantitative estimate of drug-likeness (QED) is 0.261. The molecular formula is C31H33NO3. The Bertz CT molecular complexity index is 1310. The van der Waals surface area contributed by atoms with E-state index in [2.05, 4.69) is 27.7 Å². The van der Waals surface area contributed by atoms with E-state index in [0.29, 0.717) is 11.3 Å². The first-order chi connectivity index (χ1) is 16.5. The molecule has 0 spiro atoms. The molecule has 1 fully saturated rings. The van der Waals surface area contributed by atoms with Gasteiger partial charge in [0.2, 0.25) is 0 Å². The monoisotopic (exact) mass is 467 g/mol. The number of benzene rings is 3. The van der Waals surface area contributed by atoms with Crippen molar-refractivity contribution in [3.8, 4) is 0 Å². The predicted molar refractivity (Wildman–Crippen MR) is 142 cm³/mol. The number of hydrogen-bond acceptors (Lipinski definition) is 3. The number of aliphatic hydroxyl groups excluding tert-OH is 1. The largest absolute Gasteiger partial charge is 0.507 e. The molecule has 4 rings (SSSR count). The van der Waals surface area contributed by atoms with Gasteiger partial charge in [0.15, 0.2) is 0 Å². The Morgan fingerprint density at radius 2 is 1.54 bits per heavy atom. The lowest BCUT2D eigenvalue weighted by molar-refractivity contribution is -0.132. The van der Waals surface area contributed by atoms with E-state index in [9.17, 15) is 14.7 Å². The van der Waals surface area contributed by atoms with Crippen molar-refractivity contribution in [1.82, 2.24) is 0 Å². The van der Waals surface area contributed by atoms with Crippen LogP contribution in [0.15, 0.2) is 72.3 Å². The second-order valence-corrected chi connectivity index (χ2v) is 10.4. The summed E-state index contributed by atoms with van der Waals surface area (Å²) in [6.45, 7) is 12.3. The maximum absolute atomic E-state index is 13.4. The minimum absolute atomic E-state index is 0.0369. The minimum Gasteiger partial charge on any atom is -0.507 e. The molecule has 3 aromatic carbocycles. The number of anilines is 1. The molecule has 3 aromatic rings. The molecule has 1 heterocycles. The fraction of sp³-hybridized carbons (Fsp3) is 0.290. The van der Waals surface area contributed by atoms with E-state index in [1.165, 1.54) is 4.90 Å². The van der Waals surface area contributed by atoms with Crippen molar-refractivity contribution in [2.24, 2.45) is 0 Å². The molecule has 0 bridgehead atoms. The van der Waals surface area contributed by atoms with Crippen molar-refractivity contribution in [3.63, 3.8) is 0 Å². The molecule has 1 unspecified atom stereocenters. The molecule has 0 saturated carbocycles. The van der Waals surface area contributed by atoms with Gasteiger partial charge >= 0.3 is 0 Å². The van der Waals surface area contributed by atoms with Crippen LogP contribution in [-0.4, -0.2) is 16.8 Å². The van der Waals surface area contributed by atoms with E-state index in [0.717, 1.165) is 34.2 Å². The molecule has 1 amide bonds. The zero-order valence-corrected chi connectivity index (χ0v) is 21.3. The number of Topliss-reactive ketones (excluding diaryl/α,β-unsaturated/α-hetero) is 1. The topological polar surface area (TPSA) is 57.6 Å². The van der Waals surface area contributed by atoms with Crippen LogP contribution in [0.3, 0.4) is 0 Å². The number of amides is 1. The summed E-state index contributed by atoms with van der Waals surface area (Å²) in [7, 11) is 0. The van der Waals surface area contributed by atoms with Gasteiger partial charge in [-0.2, -0.15) is 0 Å². The number of nitrogens with zero attached hydrogens (tertiary/aromatic N) is 1. The maximum Gasteiger partial charge on any atom is 0.300 e. The van der Waals surface area contributed by atoms with Crippen LogP contribution in [0.1, 0.15) is 67.1 Å². The zero-order chi connectivity index (χ0) is 25.5. The molecule has 1 atom stereocenters.